The summed E-state index contributed by atoms with van der Waals surface area (Å²) in [7, 11) is 1.63. The van der Waals surface area contributed by atoms with Crippen LogP contribution in [0, 0.1) is 0 Å². The van der Waals surface area contributed by atoms with Gasteiger partial charge >= 0.3 is 0 Å². The summed E-state index contributed by atoms with van der Waals surface area (Å²) in [6, 6.07) is 9.99. The van der Waals surface area contributed by atoms with Crippen molar-refractivity contribution in [3.05, 3.63) is 35.9 Å². The number of hydrogen-bond donors (Lipinski definition) is 1. The predicted molar refractivity (Wildman–Crippen MR) is 53.0 cm³/mol. The van der Waals surface area contributed by atoms with Crippen LogP contribution in [-0.2, 0) is 9.53 Å². The minimum absolute atomic E-state index is 0.0369. The third-order valence-corrected chi connectivity index (χ3v) is 2.55. The Labute approximate surface area is 83.1 Å². The molecule has 1 aromatic carbocycles. The highest BCUT2D eigenvalue weighted by molar-refractivity contribution is 5.82. The average molecular weight is 191 g/mol. The molecule has 1 aliphatic heterocycles. The zero-order chi connectivity index (χ0) is 9.97. The molecule has 1 amide bonds. The number of hydrogen-bond acceptors (Lipinski definition) is 2. The molecule has 3 heteroatoms. The fourth-order valence-corrected chi connectivity index (χ4v) is 1.66. The largest absolute Gasteiger partial charge is 0.367 e. The number of carbonyl (C=O) groups is 1. The third-order valence-electron chi connectivity index (χ3n) is 2.55. The molecular weight excluding hydrogens is 178 g/mol. The smallest absolute Gasteiger partial charge is 0.249 e. The van der Waals surface area contributed by atoms with Crippen LogP contribution in [0.3, 0.4) is 0 Å². The van der Waals surface area contributed by atoms with Gasteiger partial charge in [0, 0.05) is 13.0 Å². The summed E-state index contributed by atoms with van der Waals surface area (Å²) in [5.74, 6) is 0.182. The molecule has 2 unspecified atom stereocenters. The highest BCUT2D eigenvalue weighted by Crippen LogP contribution is 2.30. The summed E-state index contributed by atoms with van der Waals surface area (Å²) in [5.41, 5.74) is 1.17. The van der Waals surface area contributed by atoms with Crippen LogP contribution in [0.5, 0.6) is 0 Å². The first-order valence-corrected chi connectivity index (χ1v) is 4.71. The zero-order valence-corrected chi connectivity index (χ0v) is 8.07. The second-order valence-electron chi connectivity index (χ2n) is 3.39. The fourth-order valence-electron chi connectivity index (χ4n) is 1.66. The van der Waals surface area contributed by atoms with E-state index in [0.717, 1.165) is 0 Å². The van der Waals surface area contributed by atoms with Crippen LogP contribution in [0.1, 0.15) is 11.5 Å². The van der Waals surface area contributed by atoms with Gasteiger partial charge < -0.3 is 10.1 Å². The number of ether oxygens (including phenoxy) is 1. The van der Waals surface area contributed by atoms with Crippen molar-refractivity contribution in [3.8, 4) is 0 Å². The lowest BCUT2D eigenvalue weighted by Gasteiger charge is -2.35. The van der Waals surface area contributed by atoms with Crippen LogP contribution < -0.4 is 5.32 Å². The summed E-state index contributed by atoms with van der Waals surface area (Å²) in [5, 5.41) is 2.60. The summed E-state index contributed by atoms with van der Waals surface area (Å²) in [6.45, 7) is 0.641. The van der Waals surface area contributed by atoms with Crippen LogP contribution in [0.15, 0.2) is 30.3 Å². The summed E-state index contributed by atoms with van der Waals surface area (Å²) < 4.78 is 5.24. The Hall–Kier alpha value is -1.35. The van der Waals surface area contributed by atoms with E-state index in [1.54, 1.807) is 7.05 Å². The molecule has 0 aromatic heterocycles. The minimum atomic E-state index is -0.303. The molecule has 74 valence electrons. The molecule has 1 heterocycles. The van der Waals surface area contributed by atoms with Crippen LogP contribution in [0.2, 0.25) is 0 Å². The van der Waals surface area contributed by atoms with E-state index in [0.29, 0.717) is 6.61 Å². The Morgan fingerprint density at radius 3 is 2.64 bits per heavy atom. The van der Waals surface area contributed by atoms with E-state index in [9.17, 15) is 4.79 Å². The Morgan fingerprint density at radius 2 is 2.14 bits per heavy atom. The minimum Gasteiger partial charge on any atom is -0.367 e. The lowest BCUT2D eigenvalue weighted by Crippen LogP contribution is -2.48. The molecule has 3 nitrogen and oxygen atoms in total. The Balaban J connectivity index is 2.10. The molecule has 0 spiro atoms. The number of carbonyl (C=O) groups excluding carboxylic acids is 1. The van der Waals surface area contributed by atoms with E-state index >= 15 is 0 Å². The summed E-state index contributed by atoms with van der Waals surface area (Å²) >= 11 is 0. The molecule has 1 fully saturated rings. The number of nitrogens with one attached hydrogen (secondary N) is 1. The van der Waals surface area contributed by atoms with E-state index in [4.69, 9.17) is 4.74 Å². The maximum Gasteiger partial charge on any atom is 0.249 e. The van der Waals surface area contributed by atoms with Gasteiger partial charge in [-0.05, 0) is 5.56 Å². The first-order valence-electron chi connectivity index (χ1n) is 4.71. The van der Waals surface area contributed by atoms with E-state index in [-0.39, 0.29) is 17.9 Å². The van der Waals surface area contributed by atoms with Gasteiger partial charge in [0.1, 0.15) is 6.10 Å². The molecule has 2 rings (SSSR count). The molecule has 1 aliphatic rings. The Kier molecular flexibility index (Phi) is 2.50. The molecule has 0 radical (unpaired) electrons. The van der Waals surface area contributed by atoms with E-state index < -0.39 is 0 Å². The second-order valence-corrected chi connectivity index (χ2v) is 3.39. The van der Waals surface area contributed by atoms with Gasteiger partial charge in [0.25, 0.3) is 0 Å². The van der Waals surface area contributed by atoms with Crippen molar-refractivity contribution in [2.24, 2.45) is 0 Å². The Bertz CT molecular complexity index is 323. The highest BCUT2D eigenvalue weighted by atomic mass is 16.5. The van der Waals surface area contributed by atoms with Crippen LogP contribution in [0.4, 0.5) is 0 Å². The standard InChI is InChI=1S/C11H13NO2/c1-12-11(13)10-9(7-14-10)8-5-3-2-4-6-8/h2-6,9-10H,7H2,1H3,(H,12,13). The van der Waals surface area contributed by atoms with Crippen molar-refractivity contribution in [2.45, 2.75) is 12.0 Å². The second kappa shape index (κ2) is 3.80. The van der Waals surface area contributed by atoms with E-state index in [1.807, 2.05) is 30.3 Å². The van der Waals surface area contributed by atoms with Gasteiger partial charge in [0.2, 0.25) is 5.91 Å². The third kappa shape index (κ3) is 1.51. The lowest BCUT2D eigenvalue weighted by molar-refractivity contribution is -0.149. The van der Waals surface area contributed by atoms with Gasteiger partial charge in [-0.1, -0.05) is 30.3 Å². The predicted octanol–water partition coefficient (Wildman–Crippen LogP) is 0.915. The Morgan fingerprint density at radius 1 is 1.43 bits per heavy atom. The fraction of sp³-hybridized carbons (Fsp3) is 0.364. The molecule has 0 aliphatic carbocycles. The normalized spacial score (nSPS) is 25.2. The molecule has 0 bridgehead atoms. The maximum absolute atomic E-state index is 11.3. The first kappa shape index (κ1) is 9.21. The van der Waals surface area contributed by atoms with Gasteiger partial charge in [0.05, 0.1) is 6.61 Å². The average Bonchev–Trinajstić information content (AvgIpc) is 2.17. The number of benzene rings is 1. The zero-order valence-electron chi connectivity index (χ0n) is 8.07. The molecule has 1 aromatic rings. The van der Waals surface area contributed by atoms with Crippen LogP contribution in [0.25, 0.3) is 0 Å². The molecule has 2 atom stereocenters. The number of amides is 1. The highest BCUT2D eigenvalue weighted by Gasteiger charge is 2.38. The summed E-state index contributed by atoms with van der Waals surface area (Å²) in [6.07, 6.45) is -0.303. The molecule has 1 N–H and O–H groups in total. The maximum atomic E-state index is 11.3. The van der Waals surface area contributed by atoms with Gasteiger partial charge in [0.15, 0.2) is 0 Å². The topological polar surface area (TPSA) is 38.3 Å². The van der Waals surface area contributed by atoms with Crippen LogP contribution in [-0.4, -0.2) is 25.7 Å². The lowest BCUT2D eigenvalue weighted by atomic mass is 9.89. The van der Waals surface area contributed by atoms with Crippen molar-refractivity contribution < 1.29 is 9.53 Å². The SMILES string of the molecule is CNC(=O)C1OCC1c1ccccc1. The van der Waals surface area contributed by atoms with Gasteiger partial charge in [-0.3, -0.25) is 4.79 Å². The van der Waals surface area contributed by atoms with Gasteiger partial charge in [-0.15, -0.1) is 0 Å². The molecule has 1 saturated heterocycles. The van der Waals surface area contributed by atoms with Gasteiger partial charge in [-0.25, -0.2) is 0 Å². The van der Waals surface area contributed by atoms with E-state index in [1.165, 1.54) is 5.56 Å². The quantitative estimate of drug-likeness (QED) is 0.754. The van der Waals surface area contributed by atoms with Crippen molar-refractivity contribution in [1.29, 1.82) is 0 Å². The van der Waals surface area contributed by atoms with Gasteiger partial charge in [-0.2, -0.15) is 0 Å². The molecule has 0 saturated carbocycles. The number of likely N-dealkylation sites (N-methyl/N-ethyl adjacent to an activating group) is 1. The van der Waals surface area contributed by atoms with Crippen molar-refractivity contribution in [2.75, 3.05) is 13.7 Å². The van der Waals surface area contributed by atoms with Crippen molar-refractivity contribution in [1.82, 2.24) is 5.32 Å². The monoisotopic (exact) mass is 191 g/mol. The molecule has 14 heavy (non-hydrogen) atoms. The molecular formula is C11H13NO2. The van der Waals surface area contributed by atoms with Crippen molar-refractivity contribution in [3.63, 3.8) is 0 Å². The summed E-state index contributed by atoms with van der Waals surface area (Å²) in [4.78, 5) is 11.3. The number of rotatable bonds is 2. The van der Waals surface area contributed by atoms with Crippen LogP contribution >= 0.6 is 0 Å². The first-order chi connectivity index (χ1) is 6.83. The van der Waals surface area contributed by atoms with Crippen molar-refractivity contribution >= 4 is 5.91 Å². The van der Waals surface area contributed by atoms with E-state index in [2.05, 4.69) is 5.32 Å².